The molecule has 0 saturated carbocycles. The van der Waals surface area contributed by atoms with Crippen molar-refractivity contribution in [3.05, 3.63) is 30.7 Å². The molecule has 0 amide bonds. The third-order valence-corrected chi connectivity index (χ3v) is 1.23. The summed E-state index contributed by atoms with van der Waals surface area (Å²) in [6.45, 7) is 4.00. The van der Waals surface area contributed by atoms with Crippen molar-refractivity contribution < 1.29 is 4.42 Å². The number of pyridine rings is 1. The van der Waals surface area contributed by atoms with E-state index in [1.54, 1.807) is 12.5 Å². The molecular formula is C9H11NO. The number of fused-ring (bicyclic) bond motifs is 1. The van der Waals surface area contributed by atoms with Gasteiger partial charge in [0.05, 0.1) is 6.26 Å². The van der Waals surface area contributed by atoms with E-state index in [1.165, 1.54) is 0 Å². The van der Waals surface area contributed by atoms with E-state index in [-0.39, 0.29) is 0 Å². The van der Waals surface area contributed by atoms with Gasteiger partial charge in [-0.25, -0.2) is 4.98 Å². The zero-order valence-electron chi connectivity index (χ0n) is 6.74. The fourth-order valence-electron chi connectivity index (χ4n) is 0.800. The van der Waals surface area contributed by atoms with Gasteiger partial charge in [0.2, 0.25) is 5.71 Å². The number of furan rings is 1. The summed E-state index contributed by atoms with van der Waals surface area (Å²) in [6.07, 6.45) is 3.35. The molecular weight excluding hydrogens is 138 g/mol. The number of hydrogen-bond acceptors (Lipinski definition) is 2. The van der Waals surface area contributed by atoms with Crippen LogP contribution >= 0.6 is 0 Å². The Kier molecular flexibility index (Phi) is 2.66. The molecule has 11 heavy (non-hydrogen) atoms. The molecule has 0 aliphatic rings. The van der Waals surface area contributed by atoms with Crippen molar-refractivity contribution in [1.29, 1.82) is 0 Å². The summed E-state index contributed by atoms with van der Waals surface area (Å²) in [4.78, 5) is 3.97. The molecule has 2 heterocycles. The maximum atomic E-state index is 5.01. The third-order valence-electron chi connectivity index (χ3n) is 1.23. The van der Waals surface area contributed by atoms with E-state index in [0.29, 0.717) is 5.71 Å². The van der Waals surface area contributed by atoms with Crippen molar-refractivity contribution in [2.45, 2.75) is 13.8 Å². The normalized spacial score (nSPS) is 8.91. The van der Waals surface area contributed by atoms with Crippen LogP contribution in [0.1, 0.15) is 13.8 Å². The number of hydrogen-bond donors (Lipinski definition) is 0. The lowest BCUT2D eigenvalue weighted by atomic mass is 10.4. The highest BCUT2D eigenvalue weighted by molar-refractivity contribution is 5.72. The molecule has 0 radical (unpaired) electrons. The van der Waals surface area contributed by atoms with Gasteiger partial charge >= 0.3 is 0 Å². The predicted molar refractivity (Wildman–Crippen MR) is 45.4 cm³/mol. The first-order chi connectivity index (χ1) is 5.47. The topological polar surface area (TPSA) is 26.0 Å². The van der Waals surface area contributed by atoms with Gasteiger partial charge in [0.1, 0.15) is 0 Å². The van der Waals surface area contributed by atoms with Gasteiger partial charge in [-0.2, -0.15) is 0 Å². The second kappa shape index (κ2) is 3.76. The Hall–Kier alpha value is -1.31. The molecule has 0 spiro atoms. The maximum absolute atomic E-state index is 5.01. The fourth-order valence-corrected chi connectivity index (χ4v) is 0.800. The number of nitrogens with zero attached hydrogens (tertiary/aromatic N) is 1. The lowest BCUT2D eigenvalue weighted by Crippen LogP contribution is -1.66. The summed E-state index contributed by atoms with van der Waals surface area (Å²) in [5.41, 5.74) is 0.706. The molecule has 2 nitrogen and oxygen atoms in total. The van der Waals surface area contributed by atoms with E-state index in [9.17, 15) is 0 Å². The molecule has 0 unspecified atom stereocenters. The third kappa shape index (κ3) is 1.58. The second-order valence-electron chi connectivity index (χ2n) is 1.82. The van der Waals surface area contributed by atoms with Gasteiger partial charge in [-0.3, -0.25) is 0 Å². The average Bonchev–Trinajstić information content (AvgIpc) is 2.55. The molecule has 2 rings (SSSR count). The minimum absolute atomic E-state index is 0.706. The standard InChI is InChI=1S/C7H5NO.C2H6/c1-2-6-3-5-9-7(6)8-4-1;1-2/h1-5H;1-2H3. The highest BCUT2D eigenvalue weighted by Crippen LogP contribution is 2.09. The molecule has 0 aromatic carbocycles. The molecule has 2 aromatic heterocycles. The van der Waals surface area contributed by atoms with E-state index in [1.807, 2.05) is 32.0 Å². The van der Waals surface area contributed by atoms with Crippen LogP contribution in [0.5, 0.6) is 0 Å². The van der Waals surface area contributed by atoms with Crippen LogP contribution in [-0.4, -0.2) is 4.98 Å². The molecule has 58 valence electrons. The Bertz CT molecular complexity index is 284. The second-order valence-corrected chi connectivity index (χ2v) is 1.82. The SMILES string of the molecule is CC.c1cnc2occc2c1. The first-order valence-corrected chi connectivity index (χ1v) is 3.75. The smallest absolute Gasteiger partial charge is 0.225 e. The van der Waals surface area contributed by atoms with E-state index < -0.39 is 0 Å². The van der Waals surface area contributed by atoms with Gasteiger partial charge < -0.3 is 4.42 Å². The van der Waals surface area contributed by atoms with Crippen molar-refractivity contribution >= 4 is 11.1 Å². The molecule has 2 heteroatoms. The van der Waals surface area contributed by atoms with Gasteiger partial charge in [-0.05, 0) is 18.2 Å². The predicted octanol–water partition coefficient (Wildman–Crippen LogP) is 2.85. The largest absolute Gasteiger partial charge is 0.446 e. The molecule has 0 atom stereocenters. The lowest BCUT2D eigenvalue weighted by molar-refractivity contribution is 0.603. The monoisotopic (exact) mass is 149 g/mol. The van der Waals surface area contributed by atoms with Crippen molar-refractivity contribution in [3.63, 3.8) is 0 Å². The Balaban J connectivity index is 0.000000281. The molecule has 0 aliphatic carbocycles. The van der Waals surface area contributed by atoms with Crippen molar-refractivity contribution in [2.75, 3.05) is 0 Å². The summed E-state index contributed by atoms with van der Waals surface area (Å²) in [6, 6.07) is 5.74. The molecule has 0 saturated heterocycles. The first-order valence-electron chi connectivity index (χ1n) is 3.75. The van der Waals surface area contributed by atoms with Crippen LogP contribution in [0.4, 0.5) is 0 Å². The van der Waals surface area contributed by atoms with Crippen LogP contribution in [0.15, 0.2) is 35.1 Å². The van der Waals surface area contributed by atoms with Crippen molar-refractivity contribution in [2.24, 2.45) is 0 Å². The van der Waals surface area contributed by atoms with Gasteiger partial charge in [0.25, 0.3) is 0 Å². The van der Waals surface area contributed by atoms with E-state index in [2.05, 4.69) is 4.98 Å². The van der Waals surface area contributed by atoms with Crippen LogP contribution in [0.3, 0.4) is 0 Å². The molecule has 0 fully saturated rings. The van der Waals surface area contributed by atoms with Gasteiger partial charge in [0.15, 0.2) is 0 Å². The summed E-state index contributed by atoms with van der Waals surface area (Å²) in [5.74, 6) is 0. The van der Waals surface area contributed by atoms with Gasteiger partial charge in [0, 0.05) is 11.6 Å². The molecule has 0 aliphatic heterocycles. The van der Waals surface area contributed by atoms with E-state index in [4.69, 9.17) is 4.42 Å². The minimum atomic E-state index is 0.706. The van der Waals surface area contributed by atoms with Crippen LogP contribution in [-0.2, 0) is 0 Å². The average molecular weight is 149 g/mol. The first kappa shape index (κ1) is 7.79. The Morgan fingerprint density at radius 1 is 1.27 bits per heavy atom. The summed E-state index contributed by atoms with van der Waals surface area (Å²) in [7, 11) is 0. The zero-order chi connectivity index (χ0) is 8.10. The van der Waals surface area contributed by atoms with Gasteiger partial charge in [-0.1, -0.05) is 13.8 Å². The summed E-state index contributed by atoms with van der Waals surface area (Å²) >= 11 is 0. The van der Waals surface area contributed by atoms with Crippen molar-refractivity contribution in [1.82, 2.24) is 4.98 Å². The fraction of sp³-hybridized carbons (Fsp3) is 0.222. The van der Waals surface area contributed by atoms with E-state index in [0.717, 1.165) is 5.39 Å². The number of rotatable bonds is 0. The van der Waals surface area contributed by atoms with Crippen LogP contribution < -0.4 is 0 Å². The number of aromatic nitrogens is 1. The highest BCUT2D eigenvalue weighted by Gasteiger charge is 1.91. The molecule has 0 bridgehead atoms. The Morgan fingerprint density at radius 3 is 2.82 bits per heavy atom. The lowest BCUT2D eigenvalue weighted by Gasteiger charge is -1.80. The van der Waals surface area contributed by atoms with Gasteiger partial charge in [-0.15, -0.1) is 0 Å². The minimum Gasteiger partial charge on any atom is -0.446 e. The van der Waals surface area contributed by atoms with Crippen molar-refractivity contribution in [3.8, 4) is 0 Å². The van der Waals surface area contributed by atoms with Crippen LogP contribution in [0, 0.1) is 0 Å². The Labute approximate surface area is 65.9 Å². The highest BCUT2D eigenvalue weighted by atomic mass is 16.3. The maximum Gasteiger partial charge on any atom is 0.225 e. The summed E-state index contributed by atoms with van der Waals surface area (Å²) < 4.78 is 5.01. The zero-order valence-corrected chi connectivity index (χ0v) is 6.74. The van der Waals surface area contributed by atoms with Crippen LogP contribution in [0.2, 0.25) is 0 Å². The summed E-state index contributed by atoms with van der Waals surface area (Å²) in [5, 5.41) is 1.05. The Morgan fingerprint density at radius 2 is 2.09 bits per heavy atom. The van der Waals surface area contributed by atoms with E-state index >= 15 is 0 Å². The molecule has 2 aromatic rings. The molecule has 0 N–H and O–H groups in total. The quantitative estimate of drug-likeness (QED) is 0.575. The van der Waals surface area contributed by atoms with Crippen LogP contribution in [0.25, 0.3) is 11.1 Å².